The molecule has 1 fully saturated rings. The average Bonchev–Trinajstić information content (AvgIpc) is 2.59. The number of hydrogen-bond acceptors (Lipinski definition) is 6. The van der Waals surface area contributed by atoms with Crippen molar-refractivity contribution in [1.29, 1.82) is 0 Å². The van der Waals surface area contributed by atoms with E-state index in [1.807, 2.05) is 20.8 Å². The lowest BCUT2D eigenvalue weighted by Gasteiger charge is -2.33. The van der Waals surface area contributed by atoms with Gasteiger partial charge in [-0.2, -0.15) is 8.42 Å². The number of likely N-dealkylation sites (tertiary alicyclic amines) is 1. The maximum atomic E-state index is 12.3. The first-order valence-corrected chi connectivity index (χ1v) is 10.2. The molecule has 1 aliphatic rings. The summed E-state index contributed by atoms with van der Waals surface area (Å²) in [5.74, 6) is 0.0896. The maximum Gasteiger partial charge on any atom is 0.410 e. The topological polar surface area (TPSA) is 98.9 Å². The zero-order chi connectivity index (χ0) is 19.4. The number of ether oxygens (including phenoxy) is 1. The summed E-state index contributed by atoms with van der Waals surface area (Å²) in [5.41, 5.74) is 5.85. The molecule has 8 heteroatoms. The number of carbonyl (C=O) groups excluding carboxylic acids is 1. The largest absolute Gasteiger partial charge is 0.444 e. The Morgan fingerprint density at radius 3 is 2.27 bits per heavy atom. The smallest absolute Gasteiger partial charge is 0.410 e. The Balaban J connectivity index is 1.83. The monoisotopic (exact) mass is 384 g/mol. The highest BCUT2D eigenvalue weighted by atomic mass is 32.2. The zero-order valence-corrected chi connectivity index (χ0v) is 16.4. The Bertz CT molecular complexity index is 702. The lowest BCUT2D eigenvalue weighted by atomic mass is 9.98. The van der Waals surface area contributed by atoms with Crippen LogP contribution in [0, 0.1) is 5.92 Å². The van der Waals surface area contributed by atoms with E-state index in [4.69, 9.17) is 14.7 Å². The fourth-order valence-corrected chi connectivity index (χ4v) is 3.63. The van der Waals surface area contributed by atoms with Gasteiger partial charge < -0.3 is 15.4 Å². The van der Waals surface area contributed by atoms with Crippen molar-refractivity contribution in [3.63, 3.8) is 0 Å². The van der Waals surface area contributed by atoms with Crippen LogP contribution >= 0.6 is 0 Å². The molecular formula is C18H28N2O5S. The van der Waals surface area contributed by atoms with Crippen LogP contribution in [0.1, 0.15) is 39.2 Å². The molecule has 1 saturated heterocycles. The van der Waals surface area contributed by atoms with Gasteiger partial charge in [0.15, 0.2) is 0 Å². The van der Waals surface area contributed by atoms with Gasteiger partial charge in [-0.05, 0) is 57.2 Å². The molecule has 1 amide bonds. The Hall–Kier alpha value is -1.64. The third-order valence-corrected chi connectivity index (χ3v) is 5.47. The lowest BCUT2D eigenvalue weighted by molar-refractivity contribution is 0.0165. The summed E-state index contributed by atoms with van der Waals surface area (Å²) >= 11 is 0. The van der Waals surface area contributed by atoms with Gasteiger partial charge in [-0.25, -0.2) is 4.79 Å². The molecule has 26 heavy (non-hydrogen) atoms. The number of benzene rings is 1. The molecule has 1 heterocycles. The zero-order valence-electron chi connectivity index (χ0n) is 15.6. The summed E-state index contributed by atoms with van der Waals surface area (Å²) in [6, 6.07) is 6.36. The maximum absolute atomic E-state index is 12.3. The molecule has 2 N–H and O–H groups in total. The molecule has 0 saturated carbocycles. The fourth-order valence-electron chi connectivity index (χ4n) is 2.65. The van der Waals surface area contributed by atoms with Crippen molar-refractivity contribution in [3.8, 4) is 0 Å². The van der Waals surface area contributed by atoms with Crippen molar-refractivity contribution >= 4 is 16.2 Å². The van der Waals surface area contributed by atoms with Crippen LogP contribution in [0.5, 0.6) is 0 Å². The third-order valence-electron chi connectivity index (χ3n) is 4.17. The van der Waals surface area contributed by atoms with Crippen molar-refractivity contribution in [1.82, 2.24) is 4.90 Å². The second-order valence-corrected chi connectivity index (χ2v) is 9.11. The number of hydrogen-bond donors (Lipinski definition) is 1. The van der Waals surface area contributed by atoms with Gasteiger partial charge in [-0.15, -0.1) is 0 Å². The molecule has 1 aliphatic heterocycles. The number of carbonyl (C=O) groups is 1. The van der Waals surface area contributed by atoms with E-state index in [-0.39, 0.29) is 23.5 Å². The molecule has 0 radical (unpaired) electrons. The normalized spacial score (nSPS) is 16.5. The molecule has 0 spiro atoms. The first-order chi connectivity index (χ1) is 12.1. The number of rotatable bonds is 5. The van der Waals surface area contributed by atoms with Crippen molar-refractivity contribution in [2.24, 2.45) is 11.7 Å². The van der Waals surface area contributed by atoms with Crippen molar-refractivity contribution in [3.05, 3.63) is 29.8 Å². The number of nitrogens with two attached hydrogens (primary N) is 1. The van der Waals surface area contributed by atoms with Gasteiger partial charge >= 0.3 is 6.09 Å². The number of piperidine rings is 1. The van der Waals surface area contributed by atoms with Crippen LogP contribution in [0.2, 0.25) is 0 Å². The van der Waals surface area contributed by atoms with E-state index in [1.54, 1.807) is 17.0 Å². The molecular weight excluding hydrogens is 356 g/mol. The standard InChI is InChI=1S/C18H28N2O5S/c1-18(2,3)25-17(21)20-10-8-15(9-11-20)13-24-26(22,23)16-6-4-14(12-19)5-7-16/h4-7,15H,8-13,19H2,1-3H3. The van der Waals surface area contributed by atoms with Crippen LogP contribution in [0.4, 0.5) is 4.79 Å². The molecule has 0 bridgehead atoms. The highest BCUT2D eigenvalue weighted by Crippen LogP contribution is 2.22. The van der Waals surface area contributed by atoms with Gasteiger partial charge in [0, 0.05) is 19.6 Å². The third kappa shape index (κ3) is 5.96. The minimum absolute atomic E-state index is 0.0896. The molecule has 0 aromatic heterocycles. The Kier molecular flexibility index (Phi) is 6.65. The van der Waals surface area contributed by atoms with E-state index in [2.05, 4.69) is 0 Å². The van der Waals surface area contributed by atoms with E-state index in [0.717, 1.165) is 5.56 Å². The van der Waals surface area contributed by atoms with Crippen LogP contribution in [0.15, 0.2) is 29.2 Å². The van der Waals surface area contributed by atoms with Crippen LogP contribution < -0.4 is 5.73 Å². The minimum atomic E-state index is -3.78. The van der Waals surface area contributed by atoms with Crippen LogP contribution in [0.25, 0.3) is 0 Å². The quantitative estimate of drug-likeness (QED) is 0.783. The predicted octanol–water partition coefficient (Wildman–Crippen LogP) is 2.50. The molecule has 146 valence electrons. The summed E-state index contributed by atoms with van der Waals surface area (Å²) in [6.07, 6.45) is 1.03. The van der Waals surface area contributed by atoms with E-state index < -0.39 is 15.7 Å². The van der Waals surface area contributed by atoms with E-state index >= 15 is 0 Å². The van der Waals surface area contributed by atoms with Gasteiger partial charge in [0.25, 0.3) is 10.1 Å². The van der Waals surface area contributed by atoms with Crippen molar-refractivity contribution < 1.29 is 22.1 Å². The number of nitrogens with zero attached hydrogens (tertiary/aromatic N) is 1. The first-order valence-electron chi connectivity index (χ1n) is 8.77. The van der Waals surface area contributed by atoms with Crippen LogP contribution in [0.3, 0.4) is 0 Å². The molecule has 1 aromatic rings. The minimum Gasteiger partial charge on any atom is -0.444 e. The Labute approximate surface area is 155 Å². The highest BCUT2D eigenvalue weighted by Gasteiger charge is 2.28. The van der Waals surface area contributed by atoms with Gasteiger partial charge in [-0.1, -0.05) is 12.1 Å². The van der Waals surface area contributed by atoms with Crippen LogP contribution in [-0.4, -0.2) is 44.7 Å². The van der Waals surface area contributed by atoms with Gasteiger partial charge in [-0.3, -0.25) is 4.18 Å². The fraction of sp³-hybridized carbons (Fsp3) is 0.611. The predicted molar refractivity (Wildman–Crippen MR) is 98.0 cm³/mol. The summed E-state index contributed by atoms with van der Waals surface area (Å²) < 4.78 is 35.1. The van der Waals surface area contributed by atoms with Crippen molar-refractivity contribution in [2.75, 3.05) is 19.7 Å². The van der Waals surface area contributed by atoms with E-state index in [0.29, 0.717) is 32.5 Å². The van der Waals surface area contributed by atoms with E-state index in [1.165, 1.54) is 12.1 Å². The van der Waals surface area contributed by atoms with Crippen molar-refractivity contribution in [2.45, 2.75) is 50.7 Å². The molecule has 0 atom stereocenters. The summed E-state index contributed by atoms with van der Waals surface area (Å²) in [5, 5.41) is 0. The Morgan fingerprint density at radius 1 is 1.19 bits per heavy atom. The second-order valence-electron chi connectivity index (χ2n) is 7.50. The summed E-state index contributed by atoms with van der Waals surface area (Å²) in [4.78, 5) is 13.8. The average molecular weight is 384 g/mol. The second kappa shape index (κ2) is 8.37. The molecule has 0 unspecified atom stereocenters. The molecule has 2 rings (SSSR count). The number of amides is 1. The van der Waals surface area contributed by atoms with E-state index in [9.17, 15) is 13.2 Å². The summed E-state index contributed by atoms with van der Waals surface area (Å²) in [6.45, 7) is 7.03. The van der Waals surface area contributed by atoms with Crippen LogP contribution in [-0.2, 0) is 25.6 Å². The van der Waals surface area contributed by atoms with Gasteiger partial charge in [0.05, 0.1) is 11.5 Å². The lowest BCUT2D eigenvalue weighted by Crippen LogP contribution is -2.42. The van der Waals surface area contributed by atoms with Gasteiger partial charge in [0.1, 0.15) is 5.60 Å². The molecule has 0 aliphatic carbocycles. The SMILES string of the molecule is CC(C)(C)OC(=O)N1CCC(COS(=O)(=O)c2ccc(CN)cc2)CC1. The first kappa shape index (κ1) is 20.7. The van der Waals surface area contributed by atoms with Gasteiger partial charge in [0.2, 0.25) is 0 Å². The molecule has 7 nitrogen and oxygen atoms in total. The summed E-state index contributed by atoms with van der Waals surface area (Å²) in [7, 11) is -3.78. The molecule has 1 aromatic carbocycles. The highest BCUT2D eigenvalue weighted by molar-refractivity contribution is 7.86. The Morgan fingerprint density at radius 2 is 1.77 bits per heavy atom.